The minimum absolute atomic E-state index is 0.00991. The number of nitrogen functional groups attached to an aromatic ring is 1. The molecule has 0 amide bonds. The van der Waals surface area contributed by atoms with Crippen LogP contribution < -0.4 is 5.73 Å². The molecule has 1 heterocycles. The van der Waals surface area contributed by atoms with Crippen molar-refractivity contribution in [1.29, 1.82) is 0 Å². The number of nitrogens with two attached hydrogens (primary N) is 1. The molecule has 1 aromatic heterocycles. The van der Waals surface area contributed by atoms with E-state index < -0.39 is 5.82 Å². The van der Waals surface area contributed by atoms with Crippen LogP contribution in [0.2, 0.25) is 0 Å². The van der Waals surface area contributed by atoms with Gasteiger partial charge in [0, 0.05) is 5.69 Å². The van der Waals surface area contributed by atoms with Crippen molar-refractivity contribution in [3.8, 4) is 0 Å². The molecular weight excluding hydrogens is 155 g/mol. The van der Waals surface area contributed by atoms with Crippen LogP contribution in [0.25, 0.3) is 0 Å². The number of aryl methyl sites for hydroxylation is 1. The molecule has 0 fully saturated rings. The zero-order valence-corrected chi connectivity index (χ0v) is 7.56. The van der Waals surface area contributed by atoms with Gasteiger partial charge in [-0.25, -0.2) is 9.37 Å². The van der Waals surface area contributed by atoms with Gasteiger partial charge < -0.3 is 5.73 Å². The van der Waals surface area contributed by atoms with E-state index in [-0.39, 0.29) is 11.7 Å². The minimum atomic E-state index is -0.433. The molecule has 0 bridgehead atoms. The van der Waals surface area contributed by atoms with E-state index in [0.717, 1.165) is 11.3 Å². The number of hydrogen-bond donors (Lipinski definition) is 1. The summed E-state index contributed by atoms with van der Waals surface area (Å²) in [4.78, 5) is 3.97. The summed E-state index contributed by atoms with van der Waals surface area (Å²) >= 11 is 0. The summed E-state index contributed by atoms with van der Waals surface area (Å²) in [5.74, 6) is -0.158. The summed E-state index contributed by atoms with van der Waals surface area (Å²) in [6.45, 7) is 5.85. The maximum Gasteiger partial charge on any atom is 0.165 e. The zero-order chi connectivity index (χ0) is 9.30. The van der Waals surface area contributed by atoms with Crippen LogP contribution in [-0.2, 0) is 0 Å². The molecule has 66 valence electrons. The molecule has 0 atom stereocenters. The van der Waals surface area contributed by atoms with Gasteiger partial charge in [0.25, 0.3) is 0 Å². The molecule has 0 spiro atoms. The van der Waals surface area contributed by atoms with Crippen LogP contribution in [0, 0.1) is 12.7 Å². The van der Waals surface area contributed by atoms with Crippen molar-refractivity contribution in [2.45, 2.75) is 26.7 Å². The Bertz CT molecular complexity index is 295. The summed E-state index contributed by atoms with van der Waals surface area (Å²) in [6, 6.07) is 1.43. The van der Waals surface area contributed by atoms with E-state index in [1.807, 2.05) is 20.8 Å². The maximum atomic E-state index is 12.8. The average molecular weight is 168 g/mol. The monoisotopic (exact) mass is 168 g/mol. The number of halogens is 1. The molecule has 12 heavy (non-hydrogen) atoms. The molecule has 1 aromatic rings. The Morgan fingerprint density at radius 1 is 1.50 bits per heavy atom. The third-order valence-corrected chi connectivity index (χ3v) is 1.78. The van der Waals surface area contributed by atoms with Gasteiger partial charge in [-0.1, -0.05) is 13.8 Å². The first-order chi connectivity index (χ1) is 5.52. The first-order valence-electron chi connectivity index (χ1n) is 3.95. The predicted octanol–water partition coefficient (Wildman–Crippen LogP) is 2.23. The van der Waals surface area contributed by atoms with E-state index in [1.165, 1.54) is 6.07 Å². The standard InChI is InChI=1S/C9H13FN2/c1-5(2)8-6(3)4-7(10)9(11)12-8/h4-5H,1-3H3,(H2,11,12). The number of anilines is 1. The Kier molecular flexibility index (Phi) is 2.31. The largest absolute Gasteiger partial charge is 0.381 e. The van der Waals surface area contributed by atoms with Crippen molar-refractivity contribution < 1.29 is 4.39 Å². The molecule has 0 saturated carbocycles. The first kappa shape index (κ1) is 8.97. The lowest BCUT2D eigenvalue weighted by Crippen LogP contribution is -2.03. The summed E-state index contributed by atoms with van der Waals surface area (Å²) in [5, 5.41) is 0. The van der Waals surface area contributed by atoms with E-state index in [1.54, 1.807) is 0 Å². The number of nitrogens with zero attached hydrogens (tertiary/aromatic N) is 1. The van der Waals surface area contributed by atoms with Crippen molar-refractivity contribution in [2.75, 3.05) is 5.73 Å². The number of pyridine rings is 1. The summed E-state index contributed by atoms with van der Waals surface area (Å²) in [6.07, 6.45) is 0. The van der Waals surface area contributed by atoms with Gasteiger partial charge >= 0.3 is 0 Å². The van der Waals surface area contributed by atoms with Crippen molar-refractivity contribution in [2.24, 2.45) is 0 Å². The molecule has 0 aliphatic carbocycles. The normalized spacial score (nSPS) is 10.8. The van der Waals surface area contributed by atoms with Gasteiger partial charge in [-0.3, -0.25) is 0 Å². The van der Waals surface area contributed by atoms with Crippen LogP contribution in [-0.4, -0.2) is 4.98 Å². The number of hydrogen-bond acceptors (Lipinski definition) is 2. The molecule has 0 unspecified atom stereocenters. The number of aromatic nitrogens is 1. The van der Waals surface area contributed by atoms with Crippen molar-refractivity contribution in [3.05, 3.63) is 23.1 Å². The van der Waals surface area contributed by atoms with Crippen LogP contribution in [0.4, 0.5) is 10.2 Å². The molecule has 1 rings (SSSR count). The van der Waals surface area contributed by atoms with Gasteiger partial charge in [0.2, 0.25) is 0 Å². The van der Waals surface area contributed by atoms with E-state index in [0.29, 0.717) is 0 Å². The smallest absolute Gasteiger partial charge is 0.165 e. The van der Waals surface area contributed by atoms with Crippen LogP contribution in [0.1, 0.15) is 31.0 Å². The van der Waals surface area contributed by atoms with Crippen molar-refractivity contribution in [3.63, 3.8) is 0 Å². The lowest BCUT2D eigenvalue weighted by molar-refractivity contribution is 0.621. The Hall–Kier alpha value is -1.12. The fourth-order valence-electron chi connectivity index (χ4n) is 1.19. The van der Waals surface area contributed by atoms with Gasteiger partial charge in [0.15, 0.2) is 11.6 Å². The van der Waals surface area contributed by atoms with Crippen LogP contribution in [0.5, 0.6) is 0 Å². The topological polar surface area (TPSA) is 38.9 Å². The molecule has 0 aliphatic rings. The van der Waals surface area contributed by atoms with Gasteiger partial charge in [-0.15, -0.1) is 0 Å². The van der Waals surface area contributed by atoms with Gasteiger partial charge in [-0.2, -0.15) is 0 Å². The molecule has 2 N–H and O–H groups in total. The van der Waals surface area contributed by atoms with E-state index >= 15 is 0 Å². The highest BCUT2D eigenvalue weighted by Crippen LogP contribution is 2.19. The molecule has 3 heteroatoms. The highest BCUT2D eigenvalue weighted by atomic mass is 19.1. The second-order valence-electron chi connectivity index (χ2n) is 3.21. The highest BCUT2D eigenvalue weighted by molar-refractivity contribution is 5.36. The second kappa shape index (κ2) is 3.09. The van der Waals surface area contributed by atoms with Gasteiger partial charge in [0.1, 0.15) is 0 Å². The van der Waals surface area contributed by atoms with Crippen LogP contribution in [0.15, 0.2) is 6.07 Å². The Labute approximate surface area is 71.6 Å². The number of rotatable bonds is 1. The Balaban J connectivity index is 3.23. The molecular formula is C9H13FN2. The molecule has 0 saturated heterocycles. The zero-order valence-electron chi connectivity index (χ0n) is 7.56. The van der Waals surface area contributed by atoms with Crippen LogP contribution >= 0.6 is 0 Å². The van der Waals surface area contributed by atoms with Crippen molar-refractivity contribution in [1.82, 2.24) is 4.98 Å². The molecule has 2 nitrogen and oxygen atoms in total. The highest BCUT2D eigenvalue weighted by Gasteiger charge is 2.08. The summed E-state index contributed by atoms with van der Waals surface area (Å²) < 4.78 is 12.8. The van der Waals surface area contributed by atoms with Crippen LogP contribution in [0.3, 0.4) is 0 Å². The lowest BCUT2D eigenvalue weighted by atomic mass is 10.0. The van der Waals surface area contributed by atoms with E-state index in [9.17, 15) is 4.39 Å². The fourth-order valence-corrected chi connectivity index (χ4v) is 1.19. The first-order valence-corrected chi connectivity index (χ1v) is 3.95. The SMILES string of the molecule is Cc1cc(F)c(N)nc1C(C)C. The predicted molar refractivity (Wildman–Crippen MR) is 47.4 cm³/mol. The van der Waals surface area contributed by atoms with E-state index in [4.69, 9.17) is 5.73 Å². The third kappa shape index (κ3) is 1.55. The fraction of sp³-hybridized carbons (Fsp3) is 0.444. The third-order valence-electron chi connectivity index (χ3n) is 1.78. The van der Waals surface area contributed by atoms with Crippen molar-refractivity contribution >= 4 is 5.82 Å². The lowest BCUT2D eigenvalue weighted by Gasteiger charge is -2.09. The summed E-state index contributed by atoms with van der Waals surface area (Å²) in [7, 11) is 0. The van der Waals surface area contributed by atoms with E-state index in [2.05, 4.69) is 4.98 Å². The average Bonchev–Trinajstić information content (AvgIpc) is 1.96. The quantitative estimate of drug-likeness (QED) is 0.698. The second-order valence-corrected chi connectivity index (χ2v) is 3.21. The minimum Gasteiger partial charge on any atom is -0.381 e. The summed E-state index contributed by atoms with van der Waals surface area (Å²) in [5.41, 5.74) is 7.07. The molecule has 0 radical (unpaired) electrons. The Morgan fingerprint density at radius 2 is 2.08 bits per heavy atom. The maximum absolute atomic E-state index is 12.8. The molecule has 0 aliphatic heterocycles. The van der Waals surface area contributed by atoms with Gasteiger partial charge in [-0.05, 0) is 24.5 Å². The van der Waals surface area contributed by atoms with Gasteiger partial charge in [0.05, 0.1) is 0 Å². The molecule has 0 aromatic carbocycles. The Morgan fingerprint density at radius 3 is 2.58 bits per heavy atom.